The molecule has 0 aliphatic carbocycles. The van der Waals surface area contributed by atoms with Gasteiger partial charge in [0.05, 0.1) is 7.11 Å². The topological polar surface area (TPSA) is 29.5 Å². The lowest BCUT2D eigenvalue weighted by atomic mass is 10.6. The molecule has 0 aliphatic rings. The second-order valence-electron chi connectivity index (χ2n) is 1.95. The summed E-state index contributed by atoms with van der Waals surface area (Å²) in [6.45, 7) is 1.46. The molecular weight excluding hydrogens is 162 g/mol. The number of anilines is 1. The minimum atomic E-state index is -0.116. The first kappa shape index (κ1) is 8.23. The molecule has 1 aromatic rings. The van der Waals surface area contributed by atoms with Gasteiger partial charge in [0.25, 0.3) is 0 Å². The number of amides is 1. The summed E-state index contributed by atoms with van der Waals surface area (Å²) >= 11 is 1.46. The first-order valence-corrected chi connectivity index (χ1v) is 4.02. The van der Waals surface area contributed by atoms with Crippen LogP contribution in [0.1, 0.15) is 6.92 Å². The number of hydroxylamine groups is 1. The van der Waals surface area contributed by atoms with Crippen LogP contribution in [0.5, 0.6) is 0 Å². The maximum Gasteiger partial charge on any atom is 0.248 e. The first-order valence-electron chi connectivity index (χ1n) is 3.14. The SMILES string of the molecule is CON(C(C)=O)c1cccs1. The van der Waals surface area contributed by atoms with E-state index in [1.54, 1.807) is 0 Å². The van der Waals surface area contributed by atoms with Crippen molar-refractivity contribution in [2.75, 3.05) is 12.2 Å². The molecule has 60 valence electrons. The molecule has 4 heteroatoms. The zero-order valence-corrected chi connectivity index (χ0v) is 7.22. The molecule has 0 radical (unpaired) electrons. The average Bonchev–Trinajstić information content (AvgIpc) is 2.40. The van der Waals surface area contributed by atoms with Gasteiger partial charge in [0.15, 0.2) is 0 Å². The average molecular weight is 171 g/mol. The number of rotatable bonds is 2. The molecule has 0 aliphatic heterocycles. The first-order chi connectivity index (χ1) is 5.25. The highest BCUT2D eigenvalue weighted by molar-refractivity contribution is 7.14. The van der Waals surface area contributed by atoms with E-state index in [0.717, 1.165) is 5.00 Å². The molecule has 11 heavy (non-hydrogen) atoms. The van der Waals surface area contributed by atoms with Crippen molar-refractivity contribution >= 4 is 22.2 Å². The summed E-state index contributed by atoms with van der Waals surface area (Å²) in [6, 6.07) is 3.70. The molecule has 0 aromatic carbocycles. The molecule has 0 atom stereocenters. The second-order valence-corrected chi connectivity index (χ2v) is 2.87. The van der Waals surface area contributed by atoms with Crippen LogP contribution in [0, 0.1) is 0 Å². The van der Waals surface area contributed by atoms with Crippen molar-refractivity contribution in [3.8, 4) is 0 Å². The fourth-order valence-electron chi connectivity index (χ4n) is 0.759. The van der Waals surface area contributed by atoms with E-state index in [1.807, 2.05) is 17.5 Å². The Morgan fingerprint density at radius 1 is 1.73 bits per heavy atom. The Labute approximate surface area is 69.2 Å². The summed E-state index contributed by atoms with van der Waals surface area (Å²) in [5.41, 5.74) is 0. The van der Waals surface area contributed by atoms with Crippen LogP contribution < -0.4 is 5.06 Å². The third-order valence-corrected chi connectivity index (χ3v) is 2.01. The molecule has 0 spiro atoms. The van der Waals surface area contributed by atoms with Crippen molar-refractivity contribution in [1.82, 2.24) is 0 Å². The predicted octanol–water partition coefficient (Wildman–Crippen LogP) is 1.66. The standard InChI is InChI=1S/C7H9NO2S/c1-6(9)8(10-2)7-4-3-5-11-7/h3-5H,1-2H3. The lowest BCUT2D eigenvalue weighted by Gasteiger charge is -2.14. The Hall–Kier alpha value is -0.870. The quantitative estimate of drug-likeness (QED) is 0.633. The minimum Gasteiger partial charge on any atom is -0.272 e. The maximum absolute atomic E-state index is 10.9. The van der Waals surface area contributed by atoms with E-state index < -0.39 is 0 Å². The van der Waals surface area contributed by atoms with Crippen LogP contribution in [0.3, 0.4) is 0 Å². The van der Waals surface area contributed by atoms with Crippen LogP contribution in [0.2, 0.25) is 0 Å². The van der Waals surface area contributed by atoms with Crippen LogP contribution in [0.15, 0.2) is 17.5 Å². The zero-order chi connectivity index (χ0) is 8.27. The molecule has 0 bridgehead atoms. The summed E-state index contributed by atoms with van der Waals surface area (Å²) in [6.07, 6.45) is 0. The summed E-state index contributed by atoms with van der Waals surface area (Å²) in [5, 5.41) is 3.95. The highest BCUT2D eigenvalue weighted by Crippen LogP contribution is 2.20. The van der Waals surface area contributed by atoms with Gasteiger partial charge in [-0.15, -0.1) is 11.3 Å². The third kappa shape index (κ3) is 1.78. The maximum atomic E-state index is 10.9. The van der Waals surface area contributed by atoms with Crippen LogP contribution in [-0.2, 0) is 9.63 Å². The summed E-state index contributed by atoms with van der Waals surface area (Å²) in [4.78, 5) is 15.7. The van der Waals surface area contributed by atoms with Crippen molar-refractivity contribution in [2.45, 2.75) is 6.92 Å². The van der Waals surface area contributed by atoms with Crippen molar-refractivity contribution in [3.63, 3.8) is 0 Å². The number of carbonyl (C=O) groups excluding carboxylic acids is 1. The van der Waals surface area contributed by atoms with Gasteiger partial charge >= 0.3 is 0 Å². The molecule has 0 saturated heterocycles. The van der Waals surface area contributed by atoms with Crippen molar-refractivity contribution in [3.05, 3.63) is 17.5 Å². The summed E-state index contributed by atoms with van der Waals surface area (Å²) < 4.78 is 0. The number of nitrogens with zero attached hydrogens (tertiary/aromatic N) is 1. The van der Waals surface area contributed by atoms with Gasteiger partial charge in [0.2, 0.25) is 5.91 Å². The van der Waals surface area contributed by atoms with E-state index >= 15 is 0 Å². The van der Waals surface area contributed by atoms with Gasteiger partial charge in [-0.2, -0.15) is 5.06 Å². The highest BCUT2D eigenvalue weighted by atomic mass is 32.1. The number of thiophene rings is 1. The minimum absolute atomic E-state index is 0.116. The van der Waals surface area contributed by atoms with Crippen molar-refractivity contribution < 1.29 is 9.63 Å². The van der Waals surface area contributed by atoms with E-state index in [2.05, 4.69) is 0 Å². The molecule has 0 fully saturated rings. The normalized spacial score (nSPS) is 9.64. The van der Waals surface area contributed by atoms with E-state index in [4.69, 9.17) is 4.84 Å². The molecular formula is C7H9NO2S. The van der Waals surface area contributed by atoms with Crippen LogP contribution in [0.4, 0.5) is 5.00 Å². The fourth-order valence-corrected chi connectivity index (χ4v) is 1.51. The molecule has 1 amide bonds. The summed E-state index contributed by atoms with van der Waals surface area (Å²) in [7, 11) is 1.47. The molecule has 3 nitrogen and oxygen atoms in total. The van der Waals surface area contributed by atoms with Gasteiger partial charge in [-0.05, 0) is 17.5 Å². The molecule has 1 rings (SSSR count). The lowest BCUT2D eigenvalue weighted by Crippen LogP contribution is -2.25. The largest absolute Gasteiger partial charge is 0.272 e. The predicted molar refractivity (Wildman–Crippen MR) is 44.5 cm³/mol. The van der Waals surface area contributed by atoms with Crippen molar-refractivity contribution in [2.24, 2.45) is 0 Å². The number of carbonyl (C=O) groups is 1. The smallest absolute Gasteiger partial charge is 0.248 e. The fraction of sp³-hybridized carbons (Fsp3) is 0.286. The lowest BCUT2D eigenvalue weighted by molar-refractivity contribution is -0.122. The Bertz CT molecular complexity index is 233. The number of hydrogen-bond donors (Lipinski definition) is 0. The highest BCUT2D eigenvalue weighted by Gasteiger charge is 2.10. The molecule has 1 heterocycles. The van der Waals surface area contributed by atoms with Crippen molar-refractivity contribution in [1.29, 1.82) is 0 Å². The van der Waals surface area contributed by atoms with Gasteiger partial charge in [0, 0.05) is 6.92 Å². The van der Waals surface area contributed by atoms with Crippen LogP contribution in [-0.4, -0.2) is 13.0 Å². The molecule has 0 unspecified atom stereocenters. The van der Waals surface area contributed by atoms with Gasteiger partial charge in [-0.1, -0.05) is 0 Å². The van der Waals surface area contributed by atoms with Crippen LogP contribution >= 0.6 is 11.3 Å². The monoisotopic (exact) mass is 171 g/mol. The third-order valence-electron chi connectivity index (χ3n) is 1.17. The Morgan fingerprint density at radius 3 is 2.82 bits per heavy atom. The van der Waals surface area contributed by atoms with Gasteiger partial charge in [-0.3, -0.25) is 9.63 Å². The molecule has 0 saturated carbocycles. The van der Waals surface area contributed by atoms with Gasteiger partial charge in [0.1, 0.15) is 5.00 Å². The van der Waals surface area contributed by atoms with Crippen LogP contribution in [0.25, 0.3) is 0 Å². The zero-order valence-electron chi connectivity index (χ0n) is 6.40. The Kier molecular flexibility index (Phi) is 2.62. The van der Waals surface area contributed by atoms with E-state index in [1.165, 1.54) is 30.4 Å². The van der Waals surface area contributed by atoms with Gasteiger partial charge in [-0.25, -0.2) is 0 Å². The summed E-state index contributed by atoms with van der Waals surface area (Å²) in [5.74, 6) is -0.116. The van der Waals surface area contributed by atoms with Gasteiger partial charge < -0.3 is 0 Å². The van der Waals surface area contributed by atoms with E-state index in [0.29, 0.717) is 0 Å². The Morgan fingerprint density at radius 2 is 2.45 bits per heavy atom. The number of hydrogen-bond acceptors (Lipinski definition) is 3. The Balaban J connectivity index is 2.79. The molecule has 1 aromatic heterocycles. The van der Waals surface area contributed by atoms with E-state index in [-0.39, 0.29) is 5.91 Å². The second kappa shape index (κ2) is 3.50. The van der Waals surface area contributed by atoms with E-state index in [9.17, 15) is 4.79 Å². The molecule has 0 N–H and O–H groups in total.